The average molecular weight is 163 g/mol. The summed E-state index contributed by atoms with van der Waals surface area (Å²) in [6, 6.07) is 7.56. The molecule has 64 valence electrons. The second-order valence-corrected chi connectivity index (χ2v) is 2.53. The molecule has 2 N–H and O–H groups in total. The molecule has 1 aromatic rings. The monoisotopic (exact) mass is 163 g/mol. The average Bonchev–Trinajstić information content (AvgIpc) is 2.17. The fourth-order valence-corrected chi connectivity index (χ4v) is 0.962. The molecule has 1 aromatic carbocycles. The third kappa shape index (κ3) is 1.86. The molecule has 0 saturated carbocycles. The van der Waals surface area contributed by atoms with Crippen molar-refractivity contribution in [2.75, 3.05) is 7.11 Å². The number of nitrogens with two attached hydrogens (primary N) is 1. The van der Waals surface area contributed by atoms with Crippen LogP contribution in [0.4, 0.5) is 0 Å². The molecule has 0 saturated heterocycles. The van der Waals surface area contributed by atoms with Gasteiger partial charge in [-0.3, -0.25) is 0 Å². The first-order valence-corrected chi connectivity index (χ1v) is 3.80. The molecule has 2 heteroatoms. The van der Waals surface area contributed by atoms with E-state index in [1.165, 1.54) is 0 Å². The van der Waals surface area contributed by atoms with Gasteiger partial charge in [0.05, 0.1) is 7.11 Å². The normalized spacial score (nSPS) is 12.2. The van der Waals surface area contributed by atoms with Gasteiger partial charge in [0.25, 0.3) is 0 Å². The topological polar surface area (TPSA) is 35.2 Å². The molecule has 0 amide bonds. The van der Waals surface area contributed by atoms with Crippen molar-refractivity contribution in [1.82, 2.24) is 0 Å². The molecule has 0 aliphatic carbocycles. The molecule has 0 bridgehead atoms. The smallest absolute Gasteiger partial charge is 0.118 e. The lowest BCUT2D eigenvalue weighted by Crippen LogP contribution is -2.05. The molecule has 1 atom stereocenters. The summed E-state index contributed by atoms with van der Waals surface area (Å²) in [6.07, 6.45) is 1.71. The van der Waals surface area contributed by atoms with Crippen LogP contribution in [0.2, 0.25) is 0 Å². The Kier molecular flexibility index (Phi) is 2.88. The number of ether oxygens (including phenoxy) is 1. The number of hydrogen-bond donors (Lipinski definition) is 1. The van der Waals surface area contributed by atoms with Gasteiger partial charge >= 0.3 is 0 Å². The maximum atomic E-state index is 5.73. The molecule has 12 heavy (non-hydrogen) atoms. The van der Waals surface area contributed by atoms with Crippen LogP contribution in [-0.2, 0) is 0 Å². The summed E-state index contributed by atoms with van der Waals surface area (Å²) in [4.78, 5) is 0. The number of hydrogen-bond acceptors (Lipinski definition) is 2. The predicted octanol–water partition coefficient (Wildman–Crippen LogP) is 1.88. The lowest BCUT2D eigenvalue weighted by atomic mass is 10.1. The zero-order valence-corrected chi connectivity index (χ0v) is 7.16. The van der Waals surface area contributed by atoms with E-state index < -0.39 is 0 Å². The van der Waals surface area contributed by atoms with E-state index in [4.69, 9.17) is 10.5 Å². The van der Waals surface area contributed by atoms with Crippen LogP contribution in [0.25, 0.3) is 0 Å². The van der Waals surface area contributed by atoms with Gasteiger partial charge in [0.2, 0.25) is 0 Å². The van der Waals surface area contributed by atoms with Crippen molar-refractivity contribution < 1.29 is 4.74 Å². The van der Waals surface area contributed by atoms with E-state index in [1.807, 2.05) is 24.3 Å². The first-order valence-electron chi connectivity index (χ1n) is 3.80. The van der Waals surface area contributed by atoms with Crippen LogP contribution in [0.15, 0.2) is 36.9 Å². The Bertz CT molecular complexity index is 253. The molecule has 0 unspecified atom stereocenters. The molecule has 1 rings (SSSR count). The van der Waals surface area contributed by atoms with Crippen LogP contribution >= 0.6 is 0 Å². The minimum Gasteiger partial charge on any atom is -0.497 e. The van der Waals surface area contributed by atoms with Crippen molar-refractivity contribution in [3.8, 4) is 5.75 Å². The number of methoxy groups -OCH3 is 1. The first-order chi connectivity index (χ1) is 5.77. The van der Waals surface area contributed by atoms with Crippen LogP contribution in [-0.4, -0.2) is 7.11 Å². The molecule has 0 radical (unpaired) electrons. The number of benzene rings is 1. The maximum Gasteiger partial charge on any atom is 0.118 e. The Morgan fingerprint density at radius 2 is 2.00 bits per heavy atom. The molecule has 0 aliphatic heterocycles. The van der Waals surface area contributed by atoms with Gasteiger partial charge in [-0.15, -0.1) is 6.58 Å². The Hall–Kier alpha value is -1.28. The van der Waals surface area contributed by atoms with Crippen LogP contribution in [0.1, 0.15) is 11.6 Å². The Morgan fingerprint density at radius 1 is 1.42 bits per heavy atom. The molecule has 0 spiro atoms. The zero-order chi connectivity index (χ0) is 8.97. The molecule has 0 heterocycles. The van der Waals surface area contributed by atoms with Gasteiger partial charge in [0, 0.05) is 6.04 Å². The quantitative estimate of drug-likeness (QED) is 0.690. The summed E-state index contributed by atoms with van der Waals surface area (Å²) >= 11 is 0. The highest BCUT2D eigenvalue weighted by Gasteiger charge is 1.99. The Balaban J connectivity index is 2.84. The van der Waals surface area contributed by atoms with Crippen LogP contribution in [0, 0.1) is 0 Å². The van der Waals surface area contributed by atoms with Crippen molar-refractivity contribution in [3.05, 3.63) is 42.5 Å². The highest BCUT2D eigenvalue weighted by molar-refractivity contribution is 5.30. The largest absolute Gasteiger partial charge is 0.497 e. The fourth-order valence-electron chi connectivity index (χ4n) is 0.962. The van der Waals surface area contributed by atoms with Gasteiger partial charge in [-0.25, -0.2) is 0 Å². The van der Waals surface area contributed by atoms with Crippen LogP contribution in [0.5, 0.6) is 5.75 Å². The summed E-state index contributed by atoms with van der Waals surface area (Å²) in [5, 5.41) is 0. The van der Waals surface area contributed by atoms with Gasteiger partial charge in [-0.2, -0.15) is 0 Å². The second-order valence-electron chi connectivity index (χ2n) is 2.53. The molecular weight excluding hydrogens is 150 g/mol. The standard InChI is InChI=1S/C10H13NO/c1-3-10(11)8-4-6-9(12-2)7-5-8/h3-7,10H,1,11H2,2H3/t10-/m0/s1. The third-order valence-corrected chi connectivity index (χ3v) is 1.75. The SMILES string of the molecule is C=C[C@H](N)c1ccc(OC)cc1. The summed E-state index contributed by atoms with van der Waals surface area (Å²) in [5.41, 5.74) is 6.77. The second kappa shape index (κ2) is 3.93. The van der Waals surface area contributed by atoms with E-state index in [2.05, 4.69) is 6.58 Å². The van der Waals surface area contributed by atoms with Gasteiger partial charge < -0.3 is 10.5 Å². The van der Waals surface area contributed by atoms with E-state index in [0.29, 0.717) is 0 Å². The predicted molar refractivity (Wildman–Crippen MR) is 50.1 cm³/mol. The maximum absolute atomic E-state index is 5.73. The van der Waals surface area contributed by atoms with E-state index in [0.717, 1.165) is 11.3 Å². The first kappa shape index (κ1) is 8.81. The fraction of sp³-hybridized carbons (Fsp3) is 0.200. The molecular formula is C10H13NO. The lowest BCUT2D eigenvalue weighted by molar-refractivity contribution is 0.414. The van der Waals surface area contributed by atoms with Crippen LogP contribution < -0.4 is 10.5 Å². The van der Waals surface area contributed by atoms with Gasteiger partial charge in [0.15, 0.2) is 0 Å². The van der Waals surface area contributed by atoms with Crippen molar-refractivity contribution in [2.24, 2.45) is 5.73 Å². The van der Waals surface area contributed by atoms with Crippen molar-refractivity contribution >= 4 is 0 Å². The van der Waals surface area contributed by atoms with Crippen LogP contribution in [0.3, 0.4) is 0 Å². The van der Waals surface area contributed by atoms with Gasteiger partial charge in [-0.1, -0.05) is 18.2 Å². The summed E-state index contributed by atoms with van der Waals surface area (Å²) in [5.74, 6) is 0.843. The van der Waals surface area contributed by atoms with Gasteiger partial charge in [-0.05, 0) is 17.7 Å². The molecule has 0 aromatic heterocycles. The minimum absolute atomic E-state index is 0.0871. The van der Waals surface area contributed by atoms with E-state index in [-0.39, 0.29) is 6.04 Å². The van der Waals surface area contributed by atoms with Crippen molar-refractivity contribution in [2.45, 2.75) is 6.04 Å². The lowest BCUT2D eigenvalue weighted by Gasteiger charge is -2.06. The van der Waals surface area contributed by atoms with Crippen molar-refractivity contribution in [3.63, 3.8) is 0 Å². The van der Waals surface area contributed by atoms with Gasteiger partial charge in [0.1, 0.15) is 5.75 Å². The summed E-state index contributed by atoms with van der Waals surface area (Å²) < 4.78 is 5.02. The summed E-state index contributed by atoms with van der Waals surface area (Å²) in [6.45, 7) is 3.62. The highest BCUT2D eigenvalue weighted by Crippen LogP contribution is 2.15. The van der Waals surface area contributed by atoms with E-state index in [9.17, 15) is 0 Å². The number of rotatable bonds is 3. The van der Waals surface area contributed by atoms with E-state index in [1.54, 1.807) is 13.2 Å². The summed E-state index contributed by atoms with van der Waals surface area (Å²) in [7, 11) is 1.64. The van der Waals surface area contributed by atoms with E-state index >= 15 is 0 Å². The molecule has 0 aliphatic rings. The highest BCUT2D eigenvalue weighted by atomic mass is 16.5. The third-order valence-electron chi connectivity index (χ3n) is 1.75. The Morgan fingerprint density at radius 3 is 2.42 bits per heavy atom. The Labute approximate surface area is 72.7 Å². The zero-order valence-electron chi connectivity index (χ0n) is 7.16. The minimum atomic E-state index is -0.0871. The molecule has 0 fully saturated rings. The molecule has 2 nitrogen and oxygen atoms in total. The van der Waals surface area contributed by atoms with Crippen molar-refractivity contribution in [1.29, 1.82) is 0 Å².